The summed E-state index contributed by atoms with van der Waals surface area (Å²) in [7, 11) is 0. The fraction of sp³-hybridized carbons (Fsp3) is 1.00. The lowest BCUT2D eigenvalue weighted by molar-refractivity contribution is -0.361. The lowest BCUT2D eigenvalue weighted by atomic mass is 9.99. The summed E-state index contributed by atoms with van der Waals surface area (Å²) in [6.45, 7) is 6.76. The van der Waals surface area contributed by atoms with Crippen LogP contribution in [0.1, 0.15) is 27.7 Å². The molecule has 24 heavy (non-hydrogen) atoms. The highest BCUT2D eigenvalue weighted by atomic mass is 16.8. The Hall–Kier alpha value is -0.360. The van der Waals surface area contributed by atoms with E-state index >= 15 is 0 Å². The van der Waals surface area contributed by atoms with Crippen molar-refractivity contribution in [3.05, 3.63) is 0 Å². The number of aliphatic hydroxyl groups excluding tert-OH is 5. The van der Waals surface area contributed by atoms with E-state index in [2.05, 4.69) is 0 Å². The molecular formula is C15H28O9. The van der Waals surface area contributed by atoms with Gasteiger partial charge in [-0.25, -0.2) is 0 Å². The second-order valence-corrected chi connectivity index (χ2v) is 7.27. The van der Waals surface area contributed by atoms with Gasteiger partial charge in [-0.05, 0) is 27.7 Å². The van der Waals surface area contributed by atoms with Crippen molar-refractivity contribution in [1.29, 1.82) is 0 Å². The van der Waals surface area contributed by atoms with Crippen LogP contribution >= 0.6 is 0 Å². The molecule has 5 N–H and O–H groups in total. The van der Waals surface area contributed by atoms with Crippen molar-refractivity contribution in [1.82, 2.24) is 0 Å². The zero-order valence-electron chi connectivity index (χ0n) is 14.3. The van der Waals surface area contributed by atoms with Gasteiger partial charge in [-0.2, -0.15) is 0 Å². The summed E-state index contributed by atoms with van der Waals surface area (Å²) >= 11 is 0. The maximum absolute atomic E-state index is 10.2. The highest BCUT2D eigenvalue weighted by Crippen LogP contribution is 2.29. The van der Waals surface area contributed by atoms with Gasteiger partial charge >= 0.3 is 0 Å². The molecule has 0 aromatic heterocycles. The minimum absolute atomic E-state index is 0.131. The highest BCUT2D eigenvalue weighted by molar-refractivity contribution is 4.90. The molecule has 2 heterocycles. The molecule has 2 rings (SSSR count). The lowest BCUT2D eigenvalue weighted by Gasteiger charge is -2.45. The van der Waals surface area contributed by atoms with Gasteiger partial charge in [-0.3, -0.25) is 0 Å². The van der Waals surface area contributed by atoms with E-state index in [1.807, 2.05) is 0 Å². The molecule has 0 aliphatic carbocycles. The van der Waals surface area contributed by atoms with Crippen LogP contribution in [0.2, 0.25) is 0 Å². The van der Waals surface area contributed by atoms with Crippen LogP contribution in [0.3, 0.4) is 0 Å². The Morgan fingerprint density at radius 1 is 0.875 bits per heavy atom. The molecule has 0 aromatic carbocycles. The molecule has 0 amide bonds. The highest BCUT2D eigenvalue weighted by Gasteiger charge is 2.48. The van der Waals surface area contributed by atoms with Crippen LogP contribution in [0.5, 0.6) is 0 Å². The fourth-order valence-electron chi connectivity index (χ4n) is 2.64. The molecule has 9 atom stereocenters. The third kappa shape index (κ3) is 4.43. The van der Waals surface area contributed by atoms with Crippen molar-refractivity contribution in [2.45, 2.75) is 88.6 Å². The molecule has 2 aliphatic rings. The van der Waals surface area contributed by atoms with Gasteiger partial charge < -0.3 is 44.5 Å². The second-order valence-electron chi connectivity index (χ2n) is 7.27. The monoisotopic (exact) mass is 352 g/mol. The maximum Gasteiger partial charge on any atom is 0.187 e. The third-order valence-corrected chi connectivity index (χ3v) is 4.00. The van der Waals surface area contributed by atoms with Crippen LogP contribution in [-0.2, 0) is 18.9 Å². The van der Waals surface area contributed by atoms with Crippen LogP contribution < -0.4 is 0 Å². The number of hydrogen-bond donors (Lipinski definition) is 5. The van der Waals surface area contributed by atoms with Gasteiger partial charge in [-0.15, -0.1) is 0 Å². The first-order valence-corrected chi connectivity index (χ1v) is 8.02. The van der Waals surface area contributed by atoms with Crippen molar-refractivity contribution in [3.8, 4) is 0 Å². The average Bonchev–Trinajstić information content (AvgIpc) is 2.48. The first-order chi connectivity index (χ1) is 11.0. The van der Waals surface area contributed by atoms with Crippen LogP contribution in [0.15, 0.2) is 0 Å². The molecule has 9 heteroatoms. The van der Waals surface area contributed by atoms with Crippen molar-refractivity contribution in [3.63, 3.8) is 0 Å². The second kappa shape index (κ2) is 7.48. The first kappa shape index (κ1) is 20.0. The summed E-state index contributed by atoms with van der Waals surface area (Å²) in [5, 5.41) is 49.6. The number of aliphatic hydroxyl groups is 5. The third-order valence-electron chi connectivity index (χ3n) is 4.00. The Labute approximate surface area is 140 Å². The lowest BCUT2D eigenvalue weighted by Crippen LogP contribution is -2.62. The normalized spacial score (nSPS) is 47.6. The van der Waals surface area contributed by atoms with E-state index in [-0.39, 0.29) is 6.61 Å². The molecule has 2 aliphatic heterocycles. The van der Waals surface area contributed by atoms with Gasteiger partial charge in [0.25, 0.3) is 0 Å². The smallest absolute Gasteiger partial charge is 0.187 e. The van der Waals surface area contributed by atoms with Crippen LogP contribution in [-0.4, -0.2) is 93.0 Å². The van der Waals surface area contributed by atoms with Crippen LogP contribution in [0.4, 0.5) is 0 Å². The van der Waals surface area contributed by atoms with E-state index in [4.69, 9.17) is 18.9 Å². The van der Waals surface area contributed by atoms with E-state index < -0.39 is 60.9 Å². The molecule has 2 fully saturated rings. The van der Waals surface area contributed by atoms with Crippen molar-refractivity contribution < 1.29 is 44.5 Å². The van der Waals surface area contributed by atoms with Gasteiger partial charge in [-0.1, -0.05) is 0 Å². The first-order valence-electron chi connectivity index (χ1n) is 8.02. The largest absolute Gasteiger partial charge is 0.388 e. The quantitative estimate of drug-likeness (QED) is 0.394. The molecule has 0 spiro atoms. The topological polar surface area (TPSA) is 138 Å². The van der Waals surface area contributed by atoms with E-state index in [9.17, 15) is 25.5 Å². The minimum Gasteiger partial charge on any atom is -0.388 e. The van der Waals surface area contributed by atoms with Gasteiger partial charge in [0.05, 0.1) is 18.3 Å². The molecule has 0 unspecified atom stereocenters. The standard InChI is InChI=1S/C15H28O9/c1-6-8(17)10(19)11(20)13(22-6)23-12-9(18)7(16)5-21-14(12)24-15(2,3)4/h6-14,16-20H,5H2,1-4H3/t6-,7-,8-,9+,10+,11-,12-,13+,14+/m0/s1. The molecule has 142 valence electrons. The van der Waals surface area contributed by atoms with E-state index in [0.29, 0.717) is 0 Å². The van der Waals surface area contributed by atoms with Crippen LogP contribution in [0, 0.1) is 0 Å². The Kier molecular flexibility index (Phi) is 6.22. The molecule has 0 bridgehead atoms. The molecule has 0 radical (unpaired) electrons. The Morgan fingerprint density at radius 2 is 1.50 bits per heavy atom. The predicted octanol–water partition coefficient (Wildman–Crippen LogP) is -1.91. The fourth-order valence-corrected chi connectivity index (χ4v) is 2.64. The molecule has 9 nitrogen and oxygen atoms in total. The summed E-state index contributed by atoms with van der Waals surface area (Å²) in [4.78, 5) is 0. The molecular weight excluding hydrogens is 324 g/mol. The van der Waals surface area contributed by atoms with Gasteiger partial charge in [0.2, 0.25) is 0 Å². The molecule has 2 saturated heterocycles. The zero-order chi connectivity index (χ0) is 18.2. The number of rotatable bonds is 3. The van der Waals surface area contributed by atoms with Crippen LogP contribution in [0.25, 0.3) is 0 Å². The van der Waals surface area contributed by atoms with Crippen molar-refractivity contribution in [2.75, 3.05) is 6.61 Å². The summed E-state index contributed by atoms with van der Waals surface area (Å²) < 4.78 is 22.0. The predicted molar refractivity (Wildman–Crippen MR) is 79.8 cm³/mol. The van der Waals surface area contributed by atoms with Gasteiger partial charge in [0.1, 0.15) is 36.6 Å². The van der Waals surface area contributed by atoms with Gasteiger partial charge in [0, 0.05) is 0 Å². The zero-order valence-corrected chi connectivity index (χ0v) is 14.3. The molecule has 0 aromatic rings. The summed E-state index contributed by atoms with van der Waals surface area (Å²) in [5.74, 6) is 0. The summed E-state index contributed by atoms with van der Waals surface area (Å²) in [6.07, 6.45) is -11.0. The maximum atomic E-state index is 10.2. The molecule has 0 saturated carbocycles. The Bertz CT molecular complexity index is 412. The summed E-state index contributed by atoms with van der Waals surface area (Å²) in [6, 6.07) is 0. The van der Waals surface area contributed by atoms with Crippen molar-refractivity contribution in [2.24, 2.45) is 0 Å². The Morgan fingerprint density at radius 3 is 2.08 bits per heavy atom. The van der Waals surface area contributed by atoms with E-state index in [1.165, 1.54) is 6.92 Å². The van der Waals surface area contributed by atoms with E-state index in [0.717, 1.165) is 0 Å². The SMILES string of the molecule is C[C@@H]1O[C@H](O[C@@H]2[C@@H](OC(C)(C)C)OC[C@H](O)[C@H]2O)[C@@H](O)[C@H](O)[C@H]1O. The Balaban J connectivity index is 2.13. The number of ether oxygens (including phenoxy) is 4. The van der Waals surface area contributed by atoms with Gasteiger partial charge in [0.15, 0.2) is 12.6 Å². The van der Waals surface area contributed by atoms with Crippen molar-refractivity contribution >= 4 is 0 Å². The van der Waals surface area contributed by atoms with E-state index in [1.54, 1.807) is 20.8 Å². The minimum atomic E-state index is -1.53. The average molecular weight is 352 g/mol. The number of hydrogen-bond acceptors (Lipinski definition) is 9. The summed E-state index contributed by atoms with van der Waals surface area (Å²) in [5.41, 5.74) is -0.608.